The monoisotopic (exact) mass is 264 g/mol. The first-order valence-corrected chi connectivity index (χ1v) is 6.93. The van der Waals surface area contributed by atoms with E-state index in [0.29, 0.717) is 6.61 Å². The Bertz CT molecular complexity index is 401. The highest BCUT2D eigenvalue weighted by Gasteiger charge is 2.13. The van der Waals surface area contributed by atoms with Crippen LogP contribution in [0.3, 0.4) is 0 Å². The van der Waals surface area contributed by atoms with Gasteiger partial charge >= 0.3 is 0 Å². The van der Waals surface area contributed by atoms with Gasteiger partial charge in [-0.1, -0.05) is 17.7 Å². The lowest BCUT2D eigenvalue weighted by molar-refractivity contribution is 0.133. The van der Waals surface area contributed by atoms with E-state index in [2.05, 4.69) is 16.8 Å². The maximum absolute atomic E-state index is 9.32. The first-order chi connectivity index (χ1) is 9.19. The predicted octanol–water partition coefficient (Wildman–Crippen LogP) is 1.11. The Balaban J connectivity index is 1.79. The minimum atomic E-state index is 0.0333. The molecule has 1 heterocycles. The molecule has 1 fully saturated rings. The molecule has 4 nitrogen and oxygen atoms in total. The van der Waals surface area contributed by atoms with E-state index < -0.39 is 0 Å². The van der Waals surface area contributed by atoms with Gasteiger partial charge in [0.25, 0.3) is 0 Å². The fraction of sp³-hybridized carbons (Fsp3) is 0.600. The molecule has 1 aliphatic rings. The molecular weight excluding hydrogens is 240 g/mol. The number of piperazine rings is 1. The second-order valence-corrected chi connectivity index (χ2v) is 5.26. The van der Waals surface area contributed by atoms with Crippen molar-refractivity contribution in [3.05, 3.63) is 29.3 Å². The van der Waals surface area contributed by atoms with Crippen LogP contribution >= 0.6 is 0 Å². The summed E-state index contributed by atoms with van der Waals surface area (Å²) in [6.07, 6.45) is 0. The fourth-order valence-corrected chi connectivity index (χ4v) is 2.33. The molecule has 2 rings (SSSR count). The fourth-order valence-electron chi connectivity index (χ4n) is 2.33. The molecule has 1 aliphatic heterocycles. The topological polar surface area (TPSA) is 35.9 Å². The Hall–Kier alpha value is -1.10. The van der Waals surface area contributed by atoms with Gasteiger partial charge in [0, 0.05) is 38.3 Å². The molecule has 0 saturated carbocycles. The number of rotatable bonds is 5. The van der Waals surface area contributed by atoms with E-state index in [-0.39, 0.29) is 6.61 Å². The van der Waals surface area contributed by atoms with Crippen molar-refractivity contribution in [2.24, 2.45) is 0 Å². The number of ether oxygens (including phenoxy) is 1. The molecule has 1 saturated heterocycles. The number of aliphatic hydroxyl groups is 1. The van der Waals surface area contributed by atoms with Crippen LogP contribution in [0.2, 0.25) is 0 Å². The second kappa shape index (κ2) is 6.89. The van der Waals surface area contributed by atoms with Crippen LogP contribution in [0.25, 0.3) is 0 Å². The van der Waals surface area contributed by atoms with E-state index in [9.17, 15) is 5.11 Å². The summed E-state index contributed by atoms with van der Waals surface area (Å²) < 4.78 is 5.80. The summed E-state index contributed by atoms with van der Waals surface area (Å²) in [5.41, 5.74) is 2.02. The molecule has 0 unspecified atom stereocenters. The van der Waals surface area contributed by atoms with Gasteiger partial charge in [-0.3, -0.25) is 4.90 Å². The first kappa shape index (κ1) is 14.3. The summed E-state index contributed by atoms with van der Waals surface area (Å²) in [7, 11) is 2.16. The summed E-state index contributed by atoms with van der Waals surface area (Å²) in [5.74, 6) is 0.808. The zero-order chi connectivity index (χ0) is 13.7. The van der Waals surface area contributed by atoms with Gasteiger partial charge in [-0.2, -0.15) is 0 Å². The second-order valence-electron chi connectivity index (χ2n) is 5.26. The standard InChI is InChI=1S/C15H24N2O2/c1-13-3-4-15(14(11-13)12-18)19-10-9-17-7-5-16(2)6-8-17/h3-4,11,18H,5-10,12H2,1-2H3. The molecule has 4 heteroatoms. The number of benzene rings is 1. The molecule has 1 aromatic carbocycles. The molecule has 0 aliphatic carbocycles. The number of likely N-dealkylation sites (N-methyl/N-ethyl adjacent to an activating group) is 1. The average Bonchev–Trinajstić information content (AvgIpc) is 2.42. The van der Waals surface area contributed by atoms with E-state index in [4.69, 9.17) is 4.74 Å². The Morgan fingerprint density at radius 2 is 1.95 bits per heavy atom. The summed E-state index contributed by atoms with van der Waals surface area (Å²) in [4.78, 5) is 4.77. The largest absolute Gasteiger partial charge is 0.492 e. The first-order valence-electron chi connectivity index (χ1n) is 6.93. The highest BCUT2D eigenvalue weighted by molar-refractivity contribution is 5.36. The van der Waals surface area contributed by atoms with E-state index in [1.54, 1.807) is 0 Å². The van der Waals surface area contributed by atoms with Crippen molar-refractivity contribution in [2.45, 2.75) is 13.5 Å². The van der Waals surface area contributed by atoms with Crippen LogP contribution in [-0.4, -0.2) is 61.3 Å². The number of aliphatic hydroxyl groups excluding tert-OH is 1. The van der Waals surface area contributed by atoms with E-state index in [0.717, 1.165) is 49.6 Å². The van der Waals surface area contributed by atoms with Crippen molar-refractivity contribution in [1.82, 2.24) is 9.80 Å². The molecule has 19 heavy (non-hydrogen) atoms. The van der Waals surface area contributed by atoms with Crippen molar-refractivity contribution < 1.29 is 9.84 Å². The summed E-state index contributed by atoms with van der Waals surface area (Å²) >= 11 is 0. The Labute approximate surface area is 115 Å². The highest BCUT2D eigenvalue weighted by atomic mass is 16.5. The third-order valence-electron chi connectivity index (χ3n) is 3.65. The number of nitrogens with zero attached hydrogens (tertiary/aromatic N) is 2. The SMILES string of the molecule is Cc1ccc(OCCN2CCN(C)CC2)c(CO)c1. The van der Waals surface area contributed by atoms with Gasteiger partial charge < -0.3 is 14.7 Å². The maximum atomic E-state index is 9.32. The van der Waals surface area contributed by atoms with Gasteiger partial charge in [-0.05, 0) is 20.0 Å². The number of hydrogen-bond acceptors (Lipinski definition) is 4. The lowest BCUT2D eigenvalue weighted by Gasteiger charge is -2.32. The van der Waals surface area contributed by atoms with E-state index in [1.165, 1.54) is 0 Å². The van der Waals surface area contributed by atoms with E-state index >= 15 is 0 Å². The number of aryl methyl sites for hydroxylation is 1. The zero-order valence-electron chi connectivity index (χ0n) is 11.9. The Morgan fingerprint density at radius 3 is 2.63 bits per heavy atom. The molecule has 0 atom stereocenters. The molecule has 1 N–H and O–H groups in total. The van der Waals surface area contributed by atoms with Crippen molar-refractivity contribution in [2.75, 3.05) is 46.4 Å². The van der Waals surface area contributed by atoms with Gasteiger partial charge in [0.05, 0.1) is 6.61 Å². The van der Waals surface area contributed by atoms with Crippen molar-refractivity contribution in [1.29, 1.82) is 0 Å². The molecule has 0 aromatic heterocycles. The van der Waals surface area contributed by atoms with Gasteiger partial charge in [0.2, 0.25) is 0 Å². The molecule has 0 radical (unpaired) electrons. The quantitative estimate of drug-likeness (QED) is 0.864. The van der Waals surface area contributed by atoms with Gasteiger partial charge in [0.1, 0.15) is 12.4 Å². The van der Waals surface area contributed by atoms with Gasteiger partial charge in [-0.15, -0.1) is 0 Å². The molecule has 0 amide bonds. The minimum absolute atomic E-state index is 0.0333. The zero-order valence-corrected chi connectivity index (χ0v) is 11.9. The molecule has 106 valence electrons. The molecule has 1 aromatic rings. The smallest absolute Gasteiger partial charge is 0.124 e. The summed E-state index contributed by atoms with van der Waals surface area (Å²) in [6.45, 7) is 8.17. The van der Waals surface area contributed by atoms with E-state index in [1.807, 2.05) is 25.1 Å². The van der Waals surface area contributed by atoms with Crippen molar-refractivity contribution in [3.63, 3.8) is 0 Å². The lowest BCUT2D eigenvalue weighted by Crippen LogP contribution is -2.45. The normalized spacial score (nSPS) is 17.6. The minimum Gasteiger partial charge on any atom is -0.492 e. The van der Waals surface area contributed by atoms with Crippen LogP contribution in [0.15, 0.2) is 18.2 Å². The van der Waals surface area contributed by atoms with Gasteiger partial charge in [0.15, 0.2) is 0 Å². The van der Waals surface area contributed by atoms with Gasteiger partial charge in [-0.25, -0.2) is 0 Å². The van der Waals surface area contributed by atoms with Crippen molar-refractivity contribution >= 4 is 0 Å². The average molecular weight is 264 g/mol. The third kappa shape index (κ3) is 4.20. The molecule has 0 spiro atoms. The molecular formula is C15H24N2O2. The molecule has 0 bridgehead atoms. The van der Waals surface area contributed by atoms with Crippen LogP contribution in [0.1, 0.15) is 11.1 Å². The lowest BCUT2D eigenvalue weighted by atomic mass is 10.1. The predicted molar refractivity (Wildman–Crippen MR) is 76.5 cm³/mol. The Kier molecular flexibility index (Phi) is 5.19. The Morgan fingerprint density at radius 1 is 1.21 bits per heavy atom. The van der Waals surface area contributed by atoms with Crippen LogP contribution in [0, 0.1) is 6.92 Å². The van der Waals surface area contributed by atoms with Crippen LogP contribution < -0.4 is 4.74 Å². The van der Waals surface area contributed by atoms with Crippen LogP contribution in [0.4, 0.5) is 0 Å². The maximum Gasteiger partial charge on any atom is 0.124 e. The highest BCUT2D eigenvalue weighted by Crippen LogP contribution is 2.19. The van der Waals surface area contributed by atoms with Crippen molar-refractivity contribution in [3.8, 4) is 5.75 Å². The summed E-state index contributed by atoms with van der Waals surface area (Å²) in [6, 6.07) is 5.94. The van der Waals surface area contributed by atoms with Crippen LogP contribution in [-0.2, 0) is 6.61 Å². The van der Waals surface area contributed by atoms with Crippen LogP contribution in [0.5, 0.6) is 5.75 Å². The third-order valence-corrected chi connectivity index (χ3v) is 3.65. The number of hydrogen-bond donors (Lipinski definition) is 1. The summed E-state index contributed by atoms with van der Waals surface area (Å²) in [5, 5.41) is 9.32.